The van der Waals surface area contributed by atoms with Crippen LogP contribution in [-0.2, 0) is 9.59 Å². The molecule has 0 rings (SSSR count). The topological polar surface area (TPSA) is 34.1 Å². The van der Waals surface area contributed by atoms with Gasteiger partial charge in [-0.3, -0.25) is 4.79 Å². The normalized spacial score (nSPS) is 12.5. The summed E-state index contributed by atoms with van der Waals surface area (Å²) in [6.07, 6.45) is 5.50. The Labute approximate surface area is 74.3 Å². The lowest BCUT2D eigenvalue weighted by atomic mass is 9.95. The molecule has 0 spiro atoms. The molecular formula is C10H18O2. The van der Waals surface area contributed by atoms with Crippen LogP contribution in [0.5, 0.6) is 0 Å². The van der Waals surface area contributed by atoms with E-state index in [4.69, 9.17) is 0 Å². The number of hydrogen-bond acceptors (Lipinski definition) is 2. The van der Waals surface area contributed by atoms with Gasteiger partial charge in [0.15, 0.2) is 0 Å². The number of aldehydes is 1. The Bertz CT molecular complexity index is 141. The van der Waals surface area contributed by atoms with Crippen LogP contribution in [0.4, 0.5) is 0 Å². The highest BCUT2D eigenvalue weighted by Crippen LogP contribution is 2.13. The van der Waals surface area contributed by atoms with Gasteiger partial charge in [-0.25, -0.2) is 0 Å². The van der Waals surface area contributed by atoms with Gasteiger partial charge in [-0.2, -0.15) is 0 Å². The van der Waals surface area contributed by atoms with Gasteiger partial charge < -0.3 is 4.79 Å². The first kappa shape index (κ1) is 11.3. The van der Waals surface area contributed by atoms with Gasteiger partial charge in [0.25, 0.3) is 0 Å². The van der Waals surface area contributed by atoms with Crippen molar-refractivity contribution in [1.29, 1.82) is 0 Å². The van der Waals surface area contributed by atoms with Crippen LogP contribution in [0.3, 0.4) is 0 Å². The summed E-state index contributed by atoms with van der Waals surface area (Å²) in [7, 11) is 0. The molecule has 0 saturated heterocycles. The summed E-state index contributed by atoms with van der Waals surface area (Å²) in [4.78, 5) is 21.2. The van der Waals surface area contributed by atoms with E-state index in [1.807, 2.05) is 0 Å². The Kier molecular flexibility index (Phi) is 6.63. The Hall–Kier alpha value is -0.660. The molecule has 0 amide bonds. The highest BCUT2D eigenvalue weighted by molar-refractivity contribution is 5.80. The van der Waals surface area contributed by atoms with Crippen LogP contribution in [0, 0.1) is 5.92 Å². The van der Waals surface area contributed by atoms with Crippen LogP contribution in [0.25, 0.3) is 0 Å². The smallest absolute Gasteiger partial charge is 0.133 e. The van der Waals surface area contributed by atoms with E-state index in [9.17, 15) is 9.59 Å². The second-order valence-corrected chi connectivity index (χ2v) is 3.21. The lowest BCUT2D eigenvalue weighted by molar-refractivity contribution is -0.123. The summed E-state index contributed by atoms with van der Waals surface area (Å²) in [6.45, 7) is 3.70. The van der Waals surface area contributed by atoms with Gasteiger partial charge >= 0.3 is 0 Å². The maximum Gasteiger partial charge on any atom is 0.133 e. The molecule has 0 radical (unpaired) electrons. The highest BCUT2D eigenvalue weighted by Gasteiger charge is 2.12. The van der Waals surface area contributed by atoms with E-state index in [0.717, 1.165) is 32.0 Å². The SMILES string of the molecule is CCCCCC(CC=O)C(C)=O. The largest absolute Gasteiger partial charge is 0.303 e. The molecule has 0 saturated carbocycles. The average Bonchev–Trinajstić information content (AvgIpc) is 2.03. The highest BCUT2D eigenvalue weighted by atomic mass is 16.1. The Morgan fingerprint density at radius 2 is 2.08 bits per heavy atom. The Morgan fingerprint density at radius 3 is 2.50 bits per heavy atom. The van der Waals surface area contributed by atoms with Crippen LogP contribution in [0.15, 0.2) is 0 Å². The van der Waals surface area contributed by atoms with E-state index >= 15 is 0 Å². The van der Waals surface area contributed by atoms with E-state index in [1.165, 1.54) is 0 Å². The van der Waals surface area contributed by atoms with Gasteiger partial charge in [0, 0.05) is 12.3 Å². The zero-order valence-electron chi connectivity index (χ0n) is 8.01. The van der Waals surface area contributed by atoms with Crippen LogP contribution in [-0.4, -0.2) is 12.1 Å². The maximum atomic E-state index is 11.0. The van der Waals surface area contributed by atoms with Crippen molar-refractivity contribution in [3.63, 3.8) is 0 Å². The monoisotopic (exact) mass is 170 g/mol. The number of ketones is 1. The molecule has 12 heavy (non-hydrogen) atoms. The molecule has 0 aliphatic carbocycles. The minimum absolute atomic E-state index is 0.0194. The third-order valence-electron chi connectivity index (χ3n) is 2.11. The molecule has 0 aromatic carbocycles. The molecule has 1 atom stereocenters. The molecular weight excluding hydrogens is 152 g/mol. The maximum absolute atomic E-state index is 11.0. The molecule has 0 bridgehead atoms. The van der Waals surface area contributed by atoms with Crippen molar-refractivity contribution in [3.8, 4) is 0 Å². The fourth-order valence-corrected chi connectivity index (χ4v) is 1.24. The third kappa shape index (κ3) is 5.05. The summed E-state index contributed by atoms with van der Waals surface area (Å²) in [5.74, 6) is 0.132. The summed E-state index contributed by atoms with van der Waals surface area (Å²) in [5, 5.41) is 0. The molecule has 0 aliphatic rings. The zero-order valence-corrected chi connectivity index (χ0v) is 8.01. The number of Topliss-reactive ketones (excluding diaryl/α,β-unsaturated/α-hetero) is 1. The molecule has 0 N–H and O–H groups in total. The van der Waals surface area contributed by atoms with E-state index in [1.54, 1.807) is 6.92 Å². The molecule has 70 valence electrons. The number of carbonyl (C=O) groups excluding carboxylic acids is 2. The van der Waals surface area contributed by atoms with E-state index in [2.05, 4.69) is 6.92 Å². The zero-order chi connectivity index (χ0) is 9.40. The molecule has 2 heteroatoms. The predicted octanol–water partition coefficient (Wildman–Crippen LogP) is 2.36. The Balaban J connectivity index is 3.63. The second-order valence-electron chi connectivity index (χ2n) is 3.21. The first-order valence-electron chi connectivity index (χ1n) is 4.66. The predicted molar refractivity (Wildman–Crippen MR) is 49.0 cm³/mol. The summed E-state index contributed by atoms with van der Waals surface area (Å²) in [6, 6.07) is 0. The molecule has 0 fully saturated rings. The summed E-state index contributed by atoms with van der Waals surface area (Å²) in [5.41, 5.74) is 0. The van der Waals surface area contributed by atoms with Crippen molar-refractivity contribution in [2.24, 2.45) is 5.92 Å². The quantitative estimate of drug-likeness (QED) is 0.434. The van der Waals surface area contributed by atoms with Crippen molar-refractivity contribution in [2.75, 3.05) is 0 Å². The standard InChI is InChI=1S/C10H18O2/c1-3-4-5-6-10(7-8-11)9(2)12/h8,10H,3-7H2,1-2H3. The van der Waals surface area contributed by atoms with E-state index in [-0.39, 0.29) is 11.7 Å². The number of carbonyl (C=O) groups is 2. The van der Waals surface area contributed by atoms with Crippen LogP contribution >= 0.6 is 0 Å². The van der Waals surface area contributed by atoms with Gasteiger partial charge in [0.1, 0.15) is 12.1 Å². The number of rotatable bonds is 7. The minimum atomic E-state index is -0.0194. The summed E-state index contributed by atoms with van der Waals surface area (Å²) >= 11 is 0. The van der Waals surface area contributed by atoms with Crippen molar-refractivity contribution < 1.29 is 9.59 Å². The van der Waals surface area contributed by atoms with Gasteiger partial charge in [-0.1, -0.05) is 26.2 Å². The van der Waals surface area contributed by atoms with Crippen molar-refractivity contribution in [2.45, 2.75) is 46.0 Å². The lowest BCUT2D eigenvalue weighted by Gasteiger charge is -2.08. The third-order valence-corrected chi connectivity index (χ3v) is 2.11. The van der Waals surface area contributed by atoms with Gasteiger partial charge in [-0.15, -0.1) is 0 Å². The van der Waals surface area contributed by atoms with E-state index < -0.39 is 0 Å². The van der Waals surface area contributed by atoms with Gasteiger partial charge in [0.05, 0.1) is 0 Å². The second kappa shape index (κ2) is 7.01. The molecule has 0 aliphatic heterocycles. The lowest BCUT2D eigenvalue weighted by Crippen LogP contribution is -2.11. The van der Waals surface area contributed by atoms with Crippen LogP contribution in [0.2, 0.25) is 0 Å². The van der Waals surface area contributed by atoms with Crippen LogP contribution in [0.1, 0.15) is 46.0 Å². The van der Waals surface area contributed by atoms with Gasteiger partial charge in [-0.05, 0) is 13.3 Å². The van der Waals surface area contributed by atoms with Gasteiger partial charge in [0.2, 0.25) is 0 Å². The Morgan fingerprint density at radius 1 is 1.42 bits per heavy atom. The fourth-order valence-electron chi connectivity index (χ4n) is 1.24. The number of hydrogen-bond donors (Lipinski definition) is 0. The molecule has 0 heterocycles. The molecule has 2 nitrogen and oxygen atoms in total. The molecule has 0 aromatic heterocycles. The molecule has 0 aromatic rings. The van der Waals surface area contributed by atoms with Crippen LogP contribution < -0.4 is 0 Å². The first-order valence-corrected chi connectivity index (χ1v) is 4.66. The van der Waals surface area contributed by atoms with E-state index in [0.29, 0.717) is 6.42 Å². The van der Waals surface area contributed by atoms with Crippen molar-refractivity contribution in [3.05, 3.63) is 0 Å². The minimum Gasteiger partial charge on any atom is -0.303 e. The first-order chi connectivity index (χ1) is 5.72. The van der Waals surface area contributed by atoms with Crippen molar-refractivity contribution in [1.82, 2.24) is 0 Å². The molecule has 1 unspecified atom stereocenters. The fraction of sp³-hybridized carbons (Fsp3) is 0.800. The average molecular weight is 170 g/mol. The summed E-state index contributed by atoms with van der Waals surface area (Å²) < 4.78 is 0. The number of unbranched alkanes of at least 4 members (excludes halogenated alkanes) is 2. The van der Waals surface area contributed by atoms with Crippen molar-refractivity contribution >= 4 is 12.1 Å².